The SMILES string of the molecule is O=C1NC(=O)C2=C1C=CCN2CCN1CCC(c2noc3cc(F)ccc23)CC1. The van der Waals surface area contributed by atoms with Gasteiger partial charge in [0.15, 0.2) is 5.58 Å². The third kappa shape index (κ3) is 3.23. The summed E-state index contributed by atoms with van der Waals surface area (Å²) in [6.07, 6.45) is 5.55. The molecule has 29 heavy (non-hydrogen) atoms. The van der Waals surface area contributed by atoms with E-state index in [0.717, 1.165) is 43.6 Å². The number of hydrogen-bond acceptors (Lipinski definition) is 6. The first kappa shape index (κ1) is 18.1. The minimum Gasteiger partial charge on any atom is -0.361 e. The molecule has 0 spiro atoms. The Morgan fingerprint density at radius 1 is 1.17 bits per heavy atom. The highest BCUT2D eigenvalue weighted by Gasteiger charge is 2.34. The van der Waals surface area contributed by atoms with Crippen molar-refractivity contribution in [3.8, 4) is 0 Å². The Morgan fingerprint density at radius 3 is 2.83 bits per heavy atom. The van der Waals surface area contributed by atoms with Crippen molar-refractivity contribution in [2.75, 3.05) is 32.7 Å². The van der Waals surface area contributed by atoms with Crippen LogP contribution in [0.4, 0.5) is 4.39 Å². The molecule has 5 rings (SSSR count). The lowest BCUT2D eigenvalue weighted by atomic mass is 9.91. The fourth-order valence-electron chi connectivity index (χ4n) is 4.44. The number of carbonyl (C=O) groups excluding carboxylic acids is 2. The lowest BCUT2D eigenvalue weighted by molar-refractivity contribution is -0.124. The summed E-state index contributed by atoms with van der Waals surface area (Å²) in [4.78, 5) is 28.2. The van der Waals surface area contributed by atoms with Crippen molar-refractivity contribution >= 4 is 22.8 Å². The zero-order valence-electron chi connectivity index (χ0n) is 15.9. The second-order valence-corrected chi connectivity index (χ2v) is 7.72. The van der Waals surface area contributed by atoms with Gasteiger partial charge < -0.3 is 14.3 Å². The fraction of sp³-hybridized carbons (Fsp3) is 0.381. The highest BCUT2D eigenvalue weighted by Crippen LogP contribution is 2.33. The predicted molar refractivity (Wildman–Crippen MR) is 103 cm³/mol. The van der Waals surface area contributed by atoms with Gasteiger partial charge in [0, 0.05) is 37.0 Å². The molecule has 0 atom stereocenters. The van der Waals surface area contributed by atoms with E-state index in [1.165, 1.54) is 12.1 Å². The van der Waals surface area contributed by atoms with Gasteiger partial charge in [-0.2, -0.15) is 0 Å². The summed E-state index contributed by atoms with van der Waals surface area (Å²) in [5.74, 6) is -0.643. The van der Waals surface area contributed by atoms with Crippen LogP contribution in [0.15, 0.2) is 46.1 Å². The quantitative estimate of drug-likeness (QED) is 0.796. The summed E-state index contributed by atoms with van der Waals surface area (Å²) < 4.78 is 18.7. The Kier molecular flexibility index (Phi) is 4.43. The summed E-state index contributed by atoms with van der Waals surface area (Å²) in [7, 11) is 0. The minimum absolute atomic E-state index is 0.295. The van der Waals surface area contributed by atoms with E-state index in [2.05, 4.69) is 15.4 Å². The summed E-state index contributed by atoms with van der Waals surface area (Å²) in [5.41, 5.74) is 2.37. The molecule has 8 heteroatoms. The molecule has 150 valence electrons. The summed E-state index contributed by atoms with van der Waals surface area (Å²) in [6, 6.07) is 4.56. The van der Waals surface area contributed by atoms with Gasteiger partial charge in [-0.1, -0.05) is 11.2 Å². The molecule has 3 aliphatic rings. The molecule has 3 aliphatic heterocycles. The second kappa shape index (κ2) is 7.11. The monoisotopic (exact) mass is 396 g/mol. The van der Waals surface area contributed by atoms with Crippen molar-refractivity contribution in [2.24, 2.45) is 0 Å². The number of aromatic nitrogens is 1. The Bertz CT molecular complexity index is 1050. The number of hydrogen-bond donors (Lipinski definition) is 1. The molecule has 0 saturated carbocycles. The zero-order chi connectivity index (χ0) is 20.0. The van der Waals surface area contributed by atoms with Gasteiger partial charge in [-0.05, 0) is 44.1 Å². The van der Waals surface area contributed by atoms with Gasteiger partial charge in [-0.15, -0.1) is 0 Å². The van der Waals surface area contributed by atoms with E-state index in [9.17, 15) is 14.0 Å². The van der Waals surface area contributed by atoms with Crippen LogP contribution in [0.5, 0.6) is 0 Å². The topological polar surface area (TPSA) is 78.7 Å². The molecule has 1 fully saturated rings. The lowest BCUT2D eigenvalue weighted by Gasteiger charge is -2.34. The molecule has 7 nitrogen and oxygen atoms in total. The maximum absolute atomic E-state index is 13.4. The standard InChI is InChI=1S/C21H21FN4O3/c22-14-3-4-15-17(12-14)29-24-18(15)13-5-8-25(9-6-13)10-11-26-7-1-2-16-19(26)21(28)23-20(16)27/h1-4,12-13H,5-11H2,(H,23,27,28). The highest BCUT2D eigenvalue weighted by atomic mass is 19.1. The molecule has 1 aromatic carbocycles. The van der Waals surface area contributed by atoms with Crippen molar-refractivity contribution in [3.05, 3.63) is 53.1 Å². The van der Waals surface area contributed by atoms with Crippen LogP contribution in [0.2, 0.25) is 0 Å². The summed E-state index contributed by atoms with van der Waals surface area (Å²) in [5, 5.41) is 7.46. The van der Waals surface area contributed by atoms with Gasteiger partial charge in [-0.3, -0.25) is 14.9 Å². The lowest BCUT2D eigenvalue weighted by Crippen LogP contribution is -2.41. The normalized spacial score (nSPS) is 20.7. The molecule has 1 N–H and O–H groups in total. The van der Waals surface area contributed by atoms with Crippen molar-refractivity contribution < 1.29 is 18.5 Å². The number of imide groups is 1. The molecule has 0 unspecified atom stereocenters. The fourth-order valence-corrected chi connectivity index (χ4v) is 4.44. The van der Waals surface area contributed by atoms with Crippen LogP contribution in [0.3, 0.4) is 0 Å². The molecule has 1 aromatic heterocycles. The maximum Gasteiger partial charge on any atom is 0.275 e. The first-order chi connectivity index (χ1) is 14.1. The average Bonchev–Trinajstić information content (AvgIpc) is 3.27. The molecule has 0 bridgehead atoms. The van der Waals surface area contributed by atoms with Crippen molar-refractivity contribution in [1.29, 1.82) is 0 Å². The molecule has 2 aromatic rings. The van der Waals surface area contributed by atoms with Gasteiger partial charge in [0.2, 0.25) is 0 Å². The maximum atomic E-state index is 13.4. The van der Waals surface area contributed by atoms with Gasteiger partial charge in [0.05, 0.1) is 11.3 Å². The van der Waals surface area contributed by atoms with E-state index in [-0.39, 0.29) is 17.6 Å². The van der Waals surface area contributed by atoms with Crippen LogP contribution < -0.4 is 5.32 Å². The number of likely N-dealkylation sites (tertiary alicyclic amines) is 1. The van der Waals surface area contributed by atoms with Gasteiger partial charge in [0.1, 0.15) is 11.5 Å². The van der Waals surface area contributed by atoms with Crippen molar-refractivity contribution in [2.45, 2.75) is 18.8 Å². The first-order valence-corrected chi connectivity index (χ1v) is 9.89. The number of fused-ring (bicyclic) bond motifs is 1. The van der Waals surface area contributed by atoms with Gasteiger partial charge >= 0.3 is 0 Å². The average molecular weight is 396 g/mol. The molecule has 4 heterocycles. The molecular weight excluding hydrogens is 375 g/mol. The largest absolute Gasteiger partial charge is 0.361 e. The van der Waals surface area contributed by atoms with Crippen molar-refractivity contribution in [1.82, 2.24) is 20.3 Å². The van der Waals surface area contributed by atoms with Crippen LogP contribution in [0, 0.1) is 5.82 Å². The number of piperidine rings is 1. The molecular formula is C21H21FN4O3. The van der Waals surface area contributed by atoms with E-state index in [4.69, 9.17) is 4.52 Å². The van der Waals surface area contributed by atoms with Crippen LogP contribution in [-0.2, 0) is 9.59 Å². The third-order valence-corrected chi connectivity index (χ3v) is 5.99. The van der Waals surface area contributed by atoms with Crippen LogP contribution in [0.1, 0.15) is 24.5 Å². The smallest absolute Gasteiger partial charge is 0.275 e. The Hall–Kier alpha value is -3.00. The highest BCUT2D eigenvalue weighted by molar-refractivity contribution is 6.20. The number of benzene rings is 1. The van der Waals surface area contributed by atoms with Crippen molar-refractivity contribution in [3.63, 3.8) is 0 Å². The number of nitrogens with one attached hydrogen (secondary N) is 1. The summed E-state index contributed by atoms with van der Waals surface area (Å²) in [6.45, 7) is 3.99. The number of halogens is 1. The molecule has 1 saturated heterocycles. The van der Waals surface area contributed by atoms with Gasteiger partial charge in [0.25, 0.3) is 11.8 Å². The summed E-state index contributed by atoms with van der Waals surface area (Å²) >= 11 is 0. The van der Waals surface area contributed by atoms with E-state index >= 15 is 0 Å². The van der Waals surface area contributed by atoms with E-state index in [0.29, 0.717) is 35.9 Å². The van der Waals surface area contributed by atoms with Crippen LogP contribution >= 0.6 is 0 Å². The van der Waals surface area contributed by atoms with Crippen LogP contribution in [0.25, 0.3) is 11.0 Å². The Balaban J connectivity index is 1.20. The Labute approximate surface area is 166 Å². The van der Waals surface area contributed by atoms with Gasteiger partial charge in [-0.25, -0.2) is 4.39 Å². The zero-order valence-corrected chi connectivity index (χ0v) is 15.9. The predicted octanol–water partition coefficient (Wildman–Crippen LogP) is 1.93. The second-order valence-electron chi connectivity index (χ2n) is 7.72. The first-order valence-electron chi connectivity index (χ1n) is 9.89. The minimum atomic E-state index is -0.321. The molecule has 0 aliphatic carbocycles. The molecule has 2 amide bonds. The van der Waals surface area contributed by atoms with Crippen LogP contribution in [-0.4, -0.2) is 59.5 Å². The number of amides is 2. The number of rotatable bonds is 4. The number of carbonyl (C=O) groups is 2. The van der Waals surface area contributed by atoms with E-state index < -0.39 is 0 Å². The van der Waals surface area contributed by atoms with E-state index in [1.54, 1.807) is 12.1 Å². The Morgan fingerprint density at radius 2 is 2.00 bits per heavy atom. The van der Waals surface area contributed by atoms with E-state index in [1.807, 2.05) is 11.0 Å². The third-order valence-electron chi connectivity index (χ3n) is 5.99. The molecule has 0 radical (unpaired) electrons. The number of nitrogens with zero attached hydrogens (tertiary/aromatic N) is 3.